The van der Waals surface area contributed by atoms with Crippen LogP contribution in [0.5, 0.6) is 17.2 Å². The van der Waals surface area contributed by atoms with E-state index in [1.54, 1.807) is 11.8 Å². The van der Waals surface area contributed by atoms with Crippen molar-refractivity contribution in [1.82, 2.24) is 0 Å². The highest BCUT2D eigenvalue weighted by atomic mass is 32.2. The zero-order chi connectivity index (χ0) is 15.9. The number of thioether (sulfide) groups is 1. The molecule has 0 radical (unpaired) electrons. The van der Waals surface area contributed by atoms with Gasteiger partial charge in [0.1, 0.15) is 5.75 Å². The summed E-state index contributed by atoms with van der Waals surface area (Å²) in [6.07, 6.45) is 3.37. The van der Waals surface area contributed by atoms with E-state index in [1.807, 2.05) is 18.2 Å². The summed E-state index contributed by atoms with van der Waals surface area (Å²) in [5, 5.41) is 0.628. The third kappa shape index (κ3) is 4.94. The lowest BCUT2D eigenvalue weighted by Gasteiger charge is -2.08. The van der Waals surface area contributed by atoms with Gasteiger partial charge in [0.15, 0.2) is 16.7 Å². The van der Waals surface area contributed by atoms with Crippen LogP contribution in [0, 0.1) is 0 Å². The van der Waals surface area contributed by atoms with E-state index < -0.39 is 0 Å². The lowest BCUT2D eigenvalue weighted by atomic mass is 10.2. The monoisotopic (exact) mass is 338 g/mol. The summed E-state index contributed by atoms with van der Waals surface area (Å²) in [7, 11) is 0. The van der Waals surface area contributed by atoms with Gasteiger partial charge in [0.25, 0.3) is 0 Å². The molecule has 0 bridgehead atoms. The Morgan fingerprint density at radius 3 is 3.13 bits per heavy atom. The number of fused-ring (bicyclic) bond motifs is 1. The Morgan fingerprint density at radius 1 is 1.35 bits per heavy atom. The number of ether oxygens (including phenoxy) is 4. The van der Waals surface area contributed by atoms with Gasteiger partial charge in [-0.1, -0.05) is 11.8 Å². The second-order valence-electron chi connectivity index (χ2n) is 5.38. The van der Waals surface area contributed by atoms with E-state index in [0.717, 1.165) is 48.9 Å². The first kappa shape index (κ1) is 16.3. The number of rotatable bonds is 7. The average molecular weight is 338 g/mol. The minimum atomic E-state index is 0.253. The van der Waals surface area contributed by atoms with E-state index in [9.17, 15) is 0 Å². The number of hydrogen-bond donors (Lipinski definition) is 1. The predicted molar refractivity (Wildman–Crippen MR) is 90.6 cm³/mol. The van der Waals surface area contributed by atoms with Gasteiger partial charge >= 0.3 is 0 Å². The molecule has 2 aliphatic rings. The van der Waals surface area contributed by atoms with Gasteiger partial charge in [0.05, 0.1) is 19.3 Å². The number of nitrogens with two attached hydrogens (primary N) is 1. The summed E-state index contributed by atoms with van der Waals surface area (Å²) < 4.78 is 21.8. The average Bonchev–Trinajstić information content (AvgIpc) is 3.23. The maximum Gasteiger partial charge on any atom is 0.231 e. The van der Waals surface area contributed by atoms with Crippen molar-refractivity contribution in [2.45, 2.75) is 25.4 Å². The van der Waals surface area contributed by atoms with Crippen LogP contribution in [0.3, 0.4) is 0 Å². The third-order valence-corrected chi connectivity index (χ3v) is 4.54. The number of amidine groups is 1. The first-order valence-corrected chi connectivity index (χ1v) is 8.86. The largest absolute Gasteiger partial charge is 0.493 e. The topological polar surface area (TPSA) is 75.3 Å². The van der Waals surface area contributed by atoms with Crippen LogP contribution in [0.4, 0.5) is 0 Å². The number of aliphatic imine (C=N–C) groups is 1. The van der Waals surface area contributed by atoms with Gasteiger partial charge in [-0.3, -0.25) is 4.99 Å². The number of nitrogens with zero attached hydrogens (tertiary/aromatic N) is 1. The molecule has 6 nitrogen and oxygen atoms in total. The van der Waals surface area contributed by atoms with Crippen molar-refractivity contribution in [3.8, 4) is 17.2 Å². The molecule has 0 aromatic heterocycles. The first-order valence-electron chi connectivity index (χ1n) is 7.88. The third-order valence-electron chi connectivity index (χ3n) is 3.63. The van der Waals surface area contributed by atoms with Crippen molar-refractivity contribution in [3.05, 3.63) is 18.2 Å². The molecule has 2 N–H and O–H groups in total. The predicted octanol–water partition coefficient (Wildman–Crippen LogP) is 2.41. The van der Waals surface area contributed by atoms with Crippen molar-refractivity contribution in [3.63, 3.8) is 0 Å². The van der Waals surface area contributed by atoms with Gasteiger partial charge in [-0.15, -0.1) is 0 Å². The lowest BCUT2D eigenvalue weighted by molar-refractivity contribution is 0.118. The highest BCUT2D eigenvalue weighted by Crippen LogP contribution is 2.35. The molecule has 1 aromatic carbocycles. The summed E-state index contributed by atoms with van der Waals surface area (Å²) >= 11 is 1.56. The van der Waals surface area contributed by atoms with Crippen LogP contribution in [-0.4, -0.2) is 43.6 Å². The second-order valence-corrected chi connectivity index (χ2v) is 6.49. The van der Waals surface area contributed by atoms with Crippen molar-refractivity contribution < 1.29 is 18.9 Å². The van der Waals surface area contributed by atoms with E-state index in [-0.39, 0.29) is 12.9 Å². The highest BCUT2D eigenvalue weighted by molar-refractivity contribution is 8.13. The van der Waals surface area contributed by atoms with Crippen molar-refractivity contribution >= 4 is 16.9 Å². The van der Waals surface area contributed by atoms with Crippen LogP contribution >= 0.6 is 11.8 Å². The molecule has 2 heterocycles. The number of benzene rings is 1. The van der Waals surface area contributed by atoms with E-state index in [0.29, 0.717) is 18.3 Å². The maximum atomic E-state index is 5.89. The Morgan fingerprint density at radius 2 is 2.26 bits per heavy atom. The summed E-state index contributed by atoms with van der Waals surface area (Å²) in [6.45, 7) is 2.43. The minimum absolute atomic E-state index is 0.253. The summed E-state index contributed by atoms with van der Waals surface area (Å²) in [4.78, 5) is 4.36. The molecular weight excluding hydrogens is 316 g/mol. The molecule has 126 valence electrons. The SMILES string of the molecule is NC(=NCC1CCCO1)SCCCOc1ccc2c(c1)OCO2. The lowest BCUT2D eigenvalue weighted by Crippen LogP contribution is -2.15. The molecule has 23 heavy (non-hydrogen) atoms. The first-order chi connectivity index (χ1) is 11.3. The Hall–Kier alpha value is -1.60. The zero-order valence-corrected chi connectivity index (χ0v) is 13.8. The van der Waals surface area contributed by atoms with Crippen LogP contribution in [-0.2, 0) is 4.74 Å². The Kier molecular flexibility index (Phi) is 5.87. The zero-order valence-electron chi connectivity index (χ0n) is 13.0. The normalized spacial score (nSPS) is 20.0. The van der Waals surface area contributed by atoms with E-state index in [4.69, 9.17) is 24.7 Å². The fraction of sp³-hybridized carbons (Fsp3) is 0.562. The molecule has 1 unspecified atom stereocenters. The van der Waals surface area contributed by atoms with E-state index in [2.05, 4.69) is 4.99 Å². The summed E-state index contributed by atoms with van der Waals surface area (Å²) in [5.41, 5.74) is 5.89. The molecule has 7 heteroatoms. The molecule has 3 rings (SSSR count). The molecule has 1 fully saturated rings. The van der Waals surface area contributed by atoms with Crippen LogP contribution in [0.25, 0.3) is 0 Å². The standard InChI is InChI=1S/C16H22N2O4S/c17-16(18-10-13-3-1-6-20-13)23-8-2-7-19-12-4-5-14-15(9-12)22-11-21-14/h4-5,9,13H,1-3,6-8,10-11H2,(H2,17,18). The van der Waals surface area contributed by atoms with Crippen molar-refractivity contribution in [2.75, 3.05) is 32.3 Å². The second kappa shape index (κ2) is 8.31. The van der Waals surface area contributed by atoms with Crippen LogP contribution < -0.4 is 19.9 Å². The molecular formula is C16H22N2O4S. The molecule has 0 amide bonds. The van der Waals surface area contributed by atoms with Crippen molar-refractivity contribution in [2.24, 2.45) is 10.7 Å². The van der Waals surface area contributed by atoms with Crippen LogP contribution in [0.2, 0.25) is 0 Å². The molecule has 1 atom stereocenters. The van der Waals surface area contributed by atoms with Gasteiger partial charge in [-0.2, -0.15) is 0 Å². The van der Waals surface area contributed by atoms with Gasteiger partial charge < -0.3 is 24.7 Å². The van der Waals surface area contributed by atoms with E-state index in [1.165, 1.54) is 0 Å². The quantitative estimate of drug-likeness (QED) is 0.467. The Labute approximate surface area is 140 Å². The molecule has 1 aromatic rings. The molecule has 0 spiro atoms. The maximum absolute atomic E-state index is 5.89. The van der Waals surface area contributed by atoms with Gasteiger partial charge in [0.2, 0.25) is 6.79 Å². The summed E-state index contributed by atoms with van der Waals surface area (Å²) in [5.74, 6) is 3.18. The van der Waals surface area contributed by atoms with Crippen molar-refractivity contribution in [1.29, 1.82) is 0 Å². The Balaban J connectivity index is 1.30. The molecule has 1 saturated heterocycles. The molecule has 2 aliphatic heterocycles. The van der Waals surface area contributed by atoms with Crippen LogP contribution in [0.1, 0.15) is 19.3 Å². The highest BCUT2D eigenvalue weighted by Gasteiger charge is 2.15. The number of hydrogen-bond acceptors (Lipinski definition) is 6. The smallest absolute Gasteiger partial charge is 0.231 e. The van der Waals surface area contributed by atoms with Crippen LogP contribution in [0.15, 0.2) is 23.2 Å². The van der Waals surface area contributed by atoms with E-state index >= 15 is 0 Å². The van der Waals surface area contributed by atoms with Gasteiger partial charge in [-0.25, -0.2) is 0 Å². The fourth-order valence-corrected chi connectivity index (χ4v) is 3.06. The molecule has 0 saturated carbocycles. The Bertz CT molecular complexity index is 547. The summed E-state index contributed by atoms with van der Waals surface area (Å²) in [6, 6.07) is 5.60. The molecule has 0 aliphatic carbocycles. The van der Waals surface area contributed by atoms with Gasteiger partial charge in [-0.05, 0) is 31.4 Å². The minimum Gasteiger partial charge on any atom is -0.493 e. The fourth-order valence-electron chi connectivity index (χ4n) is 2.42. The van der Waals surface area contributed by atoms with Gasteiger partial charge in [0, 0.05) is 18.4 Å².